The number of hydrogen-bond donors (Lipinski definition) is 2. The molecule has 0 aliphatic carbocycles. The average Bonchev–Trinajstić information content (AvgIpc) is 2.29. The summed E-state index contributed by atoms with van der Waals surface area (Å²) in [4.78, 5) is 11.4. The highest BCUT2D eigenvalue weighted by Crippen LogP contribution is 2.09. The fourth-order valence-electron chi connectivity index (χ4n) is 1.90. The van der Waals surface area contributed by atoms with Crippen molar-refractivity contribution in [3.05, 3.63) is 0 Å². The van der Waals surface area contributed by atoms with Gasteiger partial charge in [0.2, 0.25) is 0 Å². The first-order chi connectivity index (χ1) is 8.87. The first-order valence-corrected chi connectivity index (χ1v) is 8.41. The summed E-state index contributed by atoms with van der Waals surface area (Å²) in [5.74, 6) is 1.63. The summed E-state index contributed by atoms with van der Waals surface area (Å²) in [6.07, 6.45) is 2.50. The van der Waals surface area contributed by atoms with Crippen LogP contribution in [0.1, 0.15) is 40.0 Å². The van der Waals surface area contributed by atoms with E-state index in [-0.39, 0.29) is 6.09 Å². The number of nitrogens with one attached hydrogen (secondary N) is 2. The van der Waals surface area contributed by atoms with Gasteiger partial charge in [-0.2, -0.15) is 0 Å². The van der Waals surface area contributed by atoms with Gasteiger partial charge in [0.15, 0.2) is 0 Å². The number of carbonyl (C=O) groups is 1. The second-order valence-electron chi connectivity index (χ2n) is 5.86. The fourth-order valence-corrected chi connectivity index (χ4v) is 3.20. The Balaban J connectivity index is 1.99. The zero-order valence-electron chi connectivity index (χ0n) is 12.2. The van der Waals surface area contributed by atoms with E-state index < -0.39 is 16.4 Å². The molecule has 112 valence electrons. The third-order valence-corrected chi connectivity index (χ3v) is 4.22. The molecule has 0 aromatic carbocycles. The van der Waals surface area contributed by atoms with E-state index in [0.717, 1.165) is 37.3 Å². The molecule has 19 heavy (non-hydrogen) atoms. The summed E-state index contributed by atoms with van der Waals surface area (Å²) >= 11 is 0. The van der Waals surface area contributed by atoms with Crippen molar-refractivity contribution < 1.29 is 13.7 Å². The third-order valence-electron chi connectivity index (χ3n) is 2.84. The van der Waals surface area contributed by atoms with Crippen molar-refractivity contribution in [3.8, 4) is 0 Å². The molecule has 1 fully saturated rings. The molecule has 1 aliphatic rings. The van der Waals surface area contributed by atoms with Gasteiger partial charge in [-0.1, -0.05) is 0 Å². The third kappa shape index (κ3) is 8.21. The van der Waals surface area contributed by atoms with Crippen molar-refractivity contribution in [2.45, 2.75) is 51.7 Å². The summed E-state index contributed by atoms with van der Waals surface area (Å²) in [7, 11) is -0.599. The molecule has 0 bridgehead atoms. The van der Waals surface area contributed by atoms with E-state index >= 15 is 0 Å². The molecule has 0 unspecified atom stereocenters. The minimum absolute atomic E-state index is 0.361. The van der Waals surface area contributed by atoms with Crippen LogP contribution >= 0.6 is 0 Å². The van der Waals surface area contributed by atoms with Crippen molar-refractivity contribution in [2.75, 3.05) is 24.6 Å². The molecule has 0 atom stereocenters. The topological polar surface area (TPSA) is 67.4 Å². The molecule has 1 rings (SSSR count). The quantitative estimate of drug-likeness (QED) is 0.751. The summed E-state index contributed by atoms with van der Waals surface area (Å²) in [5, 5.41) is 6.17. The minimum Gasteiger partial charge on any atom is -0.444 e. The molecule has 1 saturated heterocycles. The molecule has 6 heteroatoms. The Kier molecular flexibility index (Phi) is 6.79. The van der Waals surface area contributed by atoms with Crippen molar-refractivity contribution in [1.29, 1.82) is 0 Å². The lowest BCUT2D eigenvalue weighted by molar-refractivity contribution is 0.0527. The molecular weight excluding hydrogens is 264 g/mol. The fraction of sp³-hybridized carbons (Fsp3) is 0.923. The van der Waals surface area contributed by atoms with E-state index in [1.165, 1.54) is 0 Å². The van der Waals surface area contributed by atoms with E-state index in [9.17, 15) is 9.00 Å². The summed E-state index contributed by atoms with van der Waals surface area (Å²) in [5.41, 5.74) is -0.444. The van der Waals surface area contributed by atoms with Crippen LogP contribution in [0.2, 0.25) is 0 Å². The zero-order chi connectivity index (χ0) is 14.3. The van der Waals surface area contributed by atoms with Gasteiger partial charge in [-0.05, 0) is 46.6 Å². The first kappa shape index (κ1) is 16.4. The lowest BCUT2D eigenvalue weighted by Crippen LogP contribution is -2.38. The molecule has 2 N–H and O–H groups in total. The monoisotopic (exact) mass is 290 g/mol. The normalized spacial score (nSPS) is 23.9. The van der Waals surface area contributed by atoms with Crippen LogP contribution in [-0.2, 0) is 15.5 Å². The highest BCUT2D eigenvalue weighted by molar-refractivity contribution is 7.85. The zero-order valence-corrected chi connectivity index (χ0v) is 13.0. The summed E-state index contributed by atoms with van der Waals surface area (Å²) < 4.78 is 16.3. The number of carbonyl (C=O) groups excluding carboxylic acids is 1. The second kappa shape index (κ2) is 7.85. The standard InChI is InChI=1S/C13H26N2O3S/c1-13(2,3)18-12(16)15-8-4-7-14-11-5-9-19(17)10-6-11/h11,14H,4-10H2,1-3H3,(H,15,16). The Labute approximate surface area is 118 Å². The maximum absolute atomic E-state index is 11.4. The van der Waals surface area contributed by atoms with Crippen LogP contribution in [-0.4, -0.2) is 46.5 Å². The SMILES string of the molecule is CC(C)(C)OC(=O)NCCCNC1CCS(=O)CC1. The van der Waals surface area contributed by atoms with Crippen LogP contribution in [0.4, 0.5) is 4.79 Å². The molecule has 0 saturated carbocycles. The lowest BCUT2D eigenvalue weighted by atomic mass is 10.1. The number of amides is 1. The number of alkyl carbamates (subject to hydrolysis) is 1. The molecule has 0 aromatic rings. The van der Waals surface area contributed by atoms with Gasteiger partial charge >= 0.3 is 6.09 Å². The Morgan fingerprint density at radius 3 is 2.47 bits per heavy atom. The molecule has 1 heterocycles. The Morgan fingerprint density at radius 1 is 1.26 bits per heavy atom. The lowest BCUT2D eigenvalue weighted by Gasteiger charge is -2.22. The van der Waals surface area contributed by atoms with E-state index in [0.29, 0.717) is 12.6 Å². The molecule has 5 nitrogen and oxygen atoms in total. The van der Waals surface area contributed by atoms with Gasteiger partial charge < -0.3 is 15.4 Å². The molecule has 1 aliphatic heterocycles. The largest absolute Gasteiger partial charge is 0.444 e. The van der Waals surface area contributed by atoms with Crippen molar-refractivity contribution in [1.82, 2.24) is 10.6 Å². The molecule has 0 radical (unpaired) electrons. The highest BCUT2D eigenvalue weighted by atomic mass is 32.2. The average molecular weight is 290 g/mol. The number of hydrogen-bond acceptors (Lipinski definition) is 4. The molecule has 1 amide bonds. The smallest absolute Gasteiger partial charge is 0.407 e. The summed E-state index contributed by atoms with van der Waals surface area (Å²) in [6.45, 7) is 7.02. The Hall–Kier alpha value is -0.620. The first-order valence-electron chi connectivity index (χ1n) is 6.92. The van der Waals surface area contributed by atoms with E-state index in [1.54, 1.807) is 0 Å². The van der Waals surface area contributed by atoms with Gasteiger partial charge in [-0.15, -0.1) is 0 Å². The van der Waals surface area contributed by atoms with Crippen molar-refractivity contribution in [3.63, 3.8) is 0 Å². The maximum Gasteiger partial charge on any atom is 0.407 e. The highest BCUT2D eigenvalue weighted by Gasteiger charge is 2.17. The molecule has 0 aromatic heterocycles. The van der Waals surface area contributed by atoms with Gasteiger partial charge in [0.05, 0.1) is 0 Å². The van der Waals surface area contributed by atoms with E-state index in [1.807, 2.05) is 20.8 Å². The van der Waals surface area contributed by atoms with Crippen LogP contribution in [0.25, 0.3) is 0 Å². The van der Waals surface area contributed by atoms with E-state index in [2.05, 4.69) is 10.6 Å². The minimum atomic E-state index is -0.599. The molecular formula is C13H26N2O3S. The summed E-state index contributed by atoms with van der Waals surface area (Å²) in [6, 6.07) is 0.485. The van der Waals surface area contributed by atoms with Crippen LogP contribution in [0.5, 0.6) is 0 Å². The van der Waals surface area contributed by atoms with Crippen LogP contribution in [0, 0.1) is 0 Å². The van der Waals surface area contributed by atoms with Gasteiger partial charge in [-0.3, -0.25) is 4.21 Å². The number of ether oxygens (including phenoxy) is 1. The van der Waals surface area contributed by atoms with Gasteiger partial charge in [0, 0.05) is 34.9 Å². The van der Waals surface area contributed by atoms with E-state index in [4.69, 9.17) is 4.74 Å². The maximum atomic E-state index is 11.4. The van der Waals surface area contributed by atoms with Gasteiger partial charge in [0.1, 0.15) is 5.60 Å². The molecule has 0 spiro atoms. The van der Waals surface area contributed by atoms with Crippen LogP contribution < -0.4 is 10.6 Å². The second-order valence-corrected chi connectivity index (χ2v) is 7.55. The number of rotatable bonds is 5. The predicted octanol–water partition coefficient (Wildman–Crippen LogP) is 1.40. The Bertz CT molecular complexity index is 306. The van der Waals surface area contributed by atoms with Gasteiger partial charge in [-0.25, -0.2) is 4.79 Å². The van der Waals surface area contributed by atoms with Crippen LogP contribution in [0.3, 0.4) is 0 Å². The van der Waals surface area contributed by atoms with Crippen molar-refractivity contribution >= 4 is 16.9 Å². The van der Waals surface area contributed by atoms with Gasteiger partial charge in [0.25, 0.3) is 0 Å². The predicted molar refractivity (Wildman–Crippen MR) is 77.8 cm³/mol. The Morgan fingerprint density at radius 2 is 1.89 bits per heavy atom. The van der Waals surface area contributed by atoms with Crippen LogP contribution in [0.15, 0.2) is 0 Å². The van der Waals surface area contributed by atoms with Crippen molar-refractivity contribution in [2.24, 2.45) is 0 Å².